The van der Waals surface area contributed by atoms with Crippen LogP contribution in [0.3, 0.4) is 0 Å². The van der Waals surface area contributed by atoms with Gasteiger partial charge in [0.2, 0.25) is 0 Å². The van der Waals surface area contributed by atoms with Crippen LogP contribution in [0.2, 0.25) is 0 Å². The second-order valence-corrected chi connectivity index (χ2v) is 5.00. The average molecular weight is 264 g/mol. The van der Waals surface area contributed by atoms with Gasteiger partial charge < -0.3 is 20.5 Å². The zero-order valence-electron chi connectivity index (χ0n) is 11.3. The summed E-state index contributed by atoms with van der Waals surface area (Å²) in [7, 11) is 1.53. The number of benzene rings is 1. The first-order valence-corrected chi connectivity index (χ1v) is 6.43. The number of nitrogen functional groups attached to an aromatic ring is 1. The van der Waals surface area contributed by atoms with Crippen molar-refractivity contribution in [2.45, 2.75) is 19.4 Å². The lowest BCUT2D eigenvalue weighted by atomic mass is 10.0. The molecular formula is C14H20N2O3. The highest BCUT2D eigenvalue weighted by Gasteiger charge is 2.30. The Morgan fingerprint density at radius 3 is 2.89 bits per heavy atom. The van der Waals surface area contributed by atoms with Gasteiger partial charge in [-0.15, -0.1) is 0 Å². The SMILES string of the molecule is COc1ccc(N)cc1C(=O)N1CCC(C(C)O)C1. The van der Waals surface area contributed by atoms with E-state index in [4.69, 9.17) is 10.5 Å². The van der Waals surface area contributed by atoms with Gasteiger partial charge in [-0.3, -0.25) is 4.79 Å². The summed E-state index contributed by atoms with van der Waals surface area (Å²) in [5.74, 6) is 0.586. The molecule has 5 nitrogen and oxygen atoms in total. The van der Waals surface area contributed by atoms with E-state index in [-0.39, 0.29) is 17.9 Å². The maximum Gasteiger partial charge on any atom is 0.257 e. The van der Waals surface area contributed by atoms with Crippen LogP contribution < -0.4 is 10.5 Å². The molecule has 2 unspecified atom stereocenters. The molecule has 1 heterocycles. The summed E-state index contributed by atoms with van der Waals surface area (Å²) in [5.41, 5.74) is 6.75. The van der Waals surface area contributed by atoms with Crippen LogP contribution in [0.1, 0.15) is 23.7 Å². The van der Waals surface area contributed by atoms with Crippen LogP contribution in [-0.2, 0) is 0 Å². The monoisotopic (exact) mass is 264 g/mol. The van der Waals surface area contributed by atoms with Gasteiger partial charge in [-0.05, 0) is 31.5 Å². The Hall–Kier alpha value is -1.75. The third-order valence-electron chi connectivity index (χ3n) is 3.65. The van der Waals surface area contributed by atoms with Gasteiger partial charge in [0, 0.05) is 24.7 Å². The third-order valence-corrected chi connectivity index (χ3v) is 3.65. The number of hydrogen-bond donors (Lipinski definition) is 2. The highest BCUT2D eigenvalue weighted by molar-refractivity contribution is 5.98. The topological polar surface area (TPSA) is 75.8 Å². The van der Waals surface area contributed by atoms with E-state index in [2.05, 4.69) is 0 Å². The van der Waals surface area contributed by atoms with Gasteiger partial charge >= 0.3 is 0 Å². The number of anilines is 1. The molecule has 0 spiro atoms. The Balaban J connectivity index is 2.19. The first kappa shape index (κ1) is 13.7. The third kappa shape index (κ3) is 2.81. The molecule has 0 aromatic heterocycles. The number of aliphatic hydroxyl groups excluding tert-OH is 1. The van der Waals surface area contributed by atoms with Gasteiger partial charge in [0.25, 0.3) is 5.91 Å². The number of rotatable bonds is 3. The van der Waals surface area contributed by atoms with E-state index in [1.807, 2.05) is 0 Å². The molecular weight excluding hydrogens is 244 g/mol. The molecule has 0 aliphatic carbocycles. The minimum atomic E-state index is -0.388. The van der Waals surface area contributed by atoms with E-state index < -0.39 is 0 Å². The number of hydrogen-bond acceptors (Lipinski definition) is 4. The summed E-state index contributed by atoms with van der Waals surface area (Å²) in [6, 6.07) is 5.04. The molecule has 19 heavy (non-hydrogen) atoms. The van der Waals surface area contributed by atoms with Gasteiger partial charge in [-0.25, -0.2) is 0 Å². The Bertz CT molecular complexity index is 474. The van der Waals surface area contributed by atoms with Crippen LogP contribution >= 0.6 is 0 Å². The molecule has 0 bridgehead atoms. The fourth-order valence-corrected chi connectivity index (χ4v) is 2.43. The fraction of sp³-hybridized carbons (Fsp3) is 0.500. The van der Waals surface area contributed by atoms with E-state index in [1.54, 1.807) is 30.0 Å². The van der Waals surface area contributed by atoms with Crippen molar-refractivity contribution in [3.8, 4) is 5.75 Å². The van der Waals surface area contributed by atoms with E-state index in [0.717, 1.165) is 6.42 Å². The van der Waals surface area contributed by atoms with Crippen LogP contribution in [-0.4, -0.2) is 42.2 Å². The zero-order chi connectivity index (χ0) is 14.0. The lowest BCUT2D eigenvalue weighted by Gasteiger charge is -2.19. The van der Waals surface area contributed by atoms with Crippen molar-refractivity contribution in [1.29, 1.82) is 0 Å². The highest BCUT2D eigenvalue weighted by atomic mass is 16.5. The molecule has 1 fully saturated rings. The summed E-state index contributed by atoms with van der Waals surface area (Å²) < 4.78 is 5.20. The normalized spacial score (nSPS) is 20.4. The Labute approximate surface area is 113 Å². The largest absolute Gasteiger partial charge is 0.496 e. The van der Waals surface area contributed by atoms with Crippen LogP contribution in [0.15, 0.2) is 18.2 Å². The van der Waals surface area contributed by atoms with Crippen LogP contribution in [0.25, 0.3) is 0 Å². The molecule has 1 aromatic rings. The summed E-state index contributed by atoms with van der Waals surface area (Å²) in [4.78, 5) is 14.2. The Kier molecular flexibility index (Phi) is 3.95. The molecule has 2 atom stereocenters. The Morgan fingerprint density at radius 2 is 2.32 bits per heavy atom. The van der Waals surface area contributed by atoms with E-state index >= 15 is 0 Å². The number of carbonyl (C=O) groups excluding carboxylic acids is 1. The van der Waals surface area contributed by atoms with E-state index in [0.29, 0.717) is 30.1 Å². The molecule has 0 radical (unpaired) electrons. The van der Waals surface area contributed by atoms with Crippen molar-refractivity contribution in [3.63, 3.8) is 0 Å². The number of ether oxygens (including phenoxy) is 1. The molecule has 1 aromatic carbocycles. The summed E-state index contributed by atoms with van der Waals surface area (Å²) >= 11 is 0. The van der Waals surface area contributed by atoms with Gasteiger partial charge in [0.05, 0.1) is 18.8 Å². The maximum atomic E-state index is 12.5. The molecule has 1 amide bonds. The van der Waals surface area contributed by atoms with Gasteiger partial charge in [-0.1, -0.05) is 0 Å². The maximum absolute atomic E-state index is 12.5. The summed E-state index contributed by atoms with van der Waals surface area (Å²) in [6.07, 6.45) is 0.439. The van der Waals surface area contributed by atoms with Gasteiger partial charge in [0.1, 0.15) is 5.75 Å². The standard InChI is InChI=1S/C14H20N2O3/c1-9(17)10-5-6-16(8-10)14(18)12-7-11(15)3-4-13(12)19-2/h3-4,7,9-10,17H,5-6,8,15H2,1-2H3. The highest BCUT2D eigenvalue weighted by Crippen LogP contribution is 2.26. The summed E-state index contributed by atoms with van der Waals surface area (Å²) in [5, 5.41) is 9.58. The smallest absolute Gasteiger partial charge is 0.257 e. The fourth-order valence-electron chi connectivity index (χ4n) is 2.43. The van der Waals surface area contributed by atoms with Crippen LogP contribution in [0, 0.1) is 5.92 Å². The number of nitrogens with two attached hydrogens (primary N) is 1. The van der Waals surface area contributed by atoms with Crippen LogP contribution in [0.5, 0.6) is 5.75 Å². The number of amides is 1. The second-order valence-electron chi connectivity index (χ2n) is 5.00. The number of carbonyl (C=O) groups is 1. The zero-order valence-corrected chi connectivity index (χ0v) is 11.3. The first-order valence-electron chi connectivity index (χ1n) is 6.43. The van der Waals surface area contributed by atoms with Gasteiger partial charge in [0.15, 0.2) is 0 Å². The van der Waals surface area contributed by atoms with Crippen molar-refractivity contribution < 1.29 is 14.6 Å². The summed E-state index contributed by atoms with van der Waals surface area (Å²) in [6.45, 7) is 3.00. The molecule has 2 rings (SSSR count). The quantitative estimate of drug-likeness (QED) is 0.802. The predicted molar refractivity (Wildman–Crippen MR) is 73.1 cm³/mol. The van der Waals surface area contributed by atoms with E-state index in [1.165, 1.54) is 7.11 Å². The van der Waals surface area contributed by atoms with Crippen molar-refractivity contribution in [1.82, 2.24) is 4.90 Å². The lowest BCUT2D eigenvalue weighted by Crippen LogP contribution is -2.30. The Morgan fingerprint density at radius 1 is 1.58 bits per heavy atom. The molecule has 5 heteroatoms. The van der Waals surface area contributed by atoms with E-state index in [9.17, 15) is 9.90 Å². The lowest BCUT2D eigenvalue weighted by molar-refractivity contribution is 0.0759. The molecule has 1 aliphatic heterocycles. The predicted octanol–water partition coefficient (Wildman–Crippen LogP) is 1.12. The molecule has 1 saturated heterocycles. The van der Waals surface area contributed by atoms with Crippen molar-refractivity contribution in [2.75, 3.05) is 25.9 Å². The van der Waals surface area contributed by atoms with Crippen LogP contribution in [0.4, 0.5) is 5.69 Å². The number of aliphatic hydroxyl groups is 1. The van der Waals surface area contributed by atoms with Crippen molar-refractivity contribution in [3.05, 3.63) is 23.8 Å². The number of methoxy groups -OCH3 is 1. The van der Waals surface area contributed by atoms with Gasteiger partial charge in [-0.2, -0.15) is 0 Å². The molecule has 1 aliphatic rings. The molecule has 0 saturated carbocycles. The first-order chi connectivity index (χ1) is 9.02. The van der Waals surface area contributed by atoms with Crippen molar-refractivity contribution in [2.24, 2.45) is 5.92 Å². The minimum absolute atomic E-state index is 0.0905. The molecule has 104 valence electrons. The molecule has 3 N–H and O–H groups in total. The number of likely N-dealkylation sites (tertiary alicyclic amines) is 1. The average Bonchev–Trinajstić information content (AvgIpc) is 2.87. The number of nitrogens with zero attached hydrogens (tertiary/aromatic N) is 1. The second kappa shape index (κ2) is 5.48. The van der Waals surface area contributed by atoms with Crippen molar-refractivity contribution >= 4 is 11.6 Å². The minimum Gasteiger partial charge on any atom is -0.496 e.